The van der Waals surface area contributed by atoms with Gasteiger partial charge in [-0.3, -0.25) is 0 Å². The van der Waals surface area contributed by atoms with Crippen molar-refractivity contribution in [2.24, 2.45) is 0 Å². The lowest BCUT2D eigenvalue weighted by Gasteiger charge is -1.91. The van der Waals surface area contributed by atoms with Gasteiger partial charge >= 0.3 is 0 Å². The molecule has 0 radical (unpaired) electrons. The van der Waals surface area contributed by atoms with Gasteiger partial charge in [-0.05, 0) is 6.92 Å². The Hall–Kier alpha value is -0.690. The van der Waals surface area contributed by atoms with Gasteiger partial charge in [-0.25, -0.2) is 0 Å². The highest BCUT2D eigenvalue weighted by Gasteiger charge is 1.91. The summed E-state index contributed by atoms with van der Waals surface area (Å²) in [4.78, 5) is 0. The molecule has 0 rings (SSSR count). The van der Waals surface area contributed by atoms with E-state index >= 15 is 0 Å². The van der Waals surface area contributed by atoms with Crippen LogP contribution in [0.25, 0.3) is 0 Å². The van der Waals surface area contributed by atoms with E-state index in [2.05, 4.69) is 6.58 Å². The van der Waals surface area contributed by atoms with Crippen LogP contribution in [-0.2, 0) is 0 Å². The summed E-state index contributed by atoms with van der Waals surface area (Å²) in [6, 6.07) is 0. The van der Waals surface area contributed by atoms with Crippen LogP contribution < -0.4 is 0 Å². The zero-order valence-electron chi connectivity index (χ0n) is 6.38. The predicted molar refractivity (Wildman–Crippen MR) is 49.6 cm³/mol. The third kappa shape index (κ3) is 4.21. The largest absolute Gasteiger partial charge is 0.462 e. The Labute approximate surface area is 63.6 Å². The summed E-state index contributed by atoms with van der Waals surface area (Å²) in [6.45, 7) is 5.51. The number of allylic oxidation sites excluding steroid dienone is 5. The zero-order valence-corrected chi connectivity index (χ0v) is 6.38. The Morgan fingerprint density at radius 1 is 1.60 bits per heavy atom. The van der Waals surface area contributed by atoms with Gasteiger partial charge in [0.2, 0.25) is 7.37 Å². The van der Waals surface area contributed by atoms with Crippen LogP contribution >= 0.6 is 0 Å². The quantitative estimate of drug-likeness (QED) is 0.433. The summed E-state index contributed by atoms with van der Waals surface area (Å²) < 4.78 is 0. The summed E-state index contributed by atoms with van der Waals surface area (Å²) >= 11 is 0. The second-order valence-electron chi connectivity index (χ2n) is 1.93. The van der Waals surface area contributed by atoms with Crippen LogP contribution in [0.4, 0.5) is 0 Å². The van der Waals surface area contributed by atoms with E-state index in [1.807, 2.05) is 25.2 Å². The highest BCUT2D eigenvalue weighted by atomic mass is 16.2. The van der Waals surface area contributed by atoms with Crippen LogP contribution in [0.2, 0.25) is 0 Å². The molecule has 1 N–H and O–H groups in total. The predicted octanol–water partition coefficient (Wildman–Crippen LogP) is 0.328. The average Bonchev–Trinajstić information content (AvgIpc) is 1.98. The number of rotatable bonds is 4. The van der Waals surface area contributed by atoms with Crippen LogP contribution in [0, 0.1) is 0 Å². The van der Waals surface area contributed by atoms with Gasteiger partial charge in [-0.15, -0.1) is 0 Å². The molecule has 0 aliphatic rings. The Morgan fingerprint density at radius 3 is 2.70 bits per heavy atom. The molecule has 0 atom stereocenters. The van der Waals surface area contributed by atoms with Gasteiger partial charge in [0.25, 0.3) is 0 Å². The van der Waals surface area contributed by atoms with Gasteiger partial charge in [0, 0.05) is 0 Å². The maximum atomic E-state index is 8.57. The lowest BCUT2D eigenvalue weighted by molar-refractivity contribution is 0.621. The molecule has 3 heteroatoms. The summed E-state index contributed by atoms with van der Waals surface area (Å²) in [5.74, 6) is 0. The maximum Gasteiger partial charge on any atom is 0.236 e. The van der Waals surface area contributed by atoms with E-state index < -0.39 is 0 Å². The number of hydrogen-bond donors (Lipinski definition) is 1. The van der Waals surface area contributed by atoms with Crippen molar-refractivity contribution in [3.63, 3.8) is 0 Å². The second-order valence-corrected chi connectivity index (χ2v) is 1.93. The fourth-order valence-electron chi connectivity index (χ4n) is 0.645. The number of hydrogen-bond acceptors (Lipinski definition) is 1. The Bertz CT molecular complexity index is 150. The normalized spacial score (nSPS) is 11.6. The van der Waals surface area contributed by atoms with Crippen molar-refractivity contribution in [3.8, 4) is 0 Å². The van der Waals surface area contributed by atoms with Crippen molar-refractivity contribution in [3.05, 3.63) is 36.4 Å². The fraction of sp³-hybridized carbons (Fsp3) is 0.143. The first-order valence-electron chi connectivity index (χ1n) is 3.40. The molecule has 0 saturated heterocycles. The third-order valence-electron chi connectivity index (χ3n) is 1.22. The highest BCUT2D eigenvalue weighted by molar-refractivity contribution is 7.00. The van der Waals surface area contributed by atoms with Gasteiger partial charge in [-0.2, -0.15) is 0 Å². The van der Waals surface area contributed by atoms with Crippen LogP contribution in [-0.4, -0.2) is 19.6 Å². The molecule has 1 nitrogen and oxygen atoms in total. The third-order valence-corrected chi connectivity index (χ3v) is 1.22. The van der Waals surface area contributed by atoms with Gasteiger partial charge in [-0.1, -0.05) is 36.4 Å². The molecule has 0 fully saturated rings. The molecule has 0 aromatic carbocycles. The molecule has 10 heavy (non-hydrogen) atoms. The molecular formula is C7H12B2O. The van der Waals surface area contributed by atoms with Crippen molar-refractivity contribution < 1.29 is 5.02 Å². The van der Waals surface area contributed by atoms with Gasteiger partial charge in [0.15, 0.2) is 7.17 Å². The topological polar surface area (TPSA) is 20.2 Å². The molecule has 0 unspecified atom stereocenters. The van der Waals surface area contributed by atoms with E-state index in [1.54, 1.807) is 6.08 Å². The van der Waals surface area contributed by atoms with E-state index in [9.17, 15) is 0 Å². The summed E-state index contributed by atoms with van der Waals surface area (Å²) in [5, 5.41) is 8.57. The molecule has 0 amide bonds. The average molecular weight is 134 g/mol. The van der Waals surface area contributed by atoms with Crippen LogP contribution in [0.3, 0.4) is 0 Å². The van der Waals surface area contributed by atoms with E-state index in [0.29, 0.717) is 0 Å². The van der Waals surface area contributed by atoms with Gasteiger partial charge < -0.3 is 5.02 Å². The Balaban J connectivity index is 3.84. The minimum absolute atomic E-state index is 0.209. The summed E-state index contributed by atoms with van der Waals surface area (Å²) in [5.41, 5.74) is 1.14. The minimum atomic E-state index is 0.209. The van der Waals surface area contributed by atoms with E-state index in [-0.39, 0.29) is 7.37 Å². The van der Waals surface area contributed by atoms with Crippen LogP contribution in [0.5, 0.6) is 0 Å². The summed E-state index contributed by atoms with van der Waals surface area (Å²) in [6.07, 6.45) is 7.52. The highest BCUT2D eigenvalue weighted by Crippen LogP contribution is 1.92. The smallest absolute Gasteiger partial charge is 0.236 e. The van der Waals surface area contributed by atoms with Crippen molar-refractivity contribution in [2.75, 3.05) is 0 Å². The Kier molecular flexibility index (Phi) is 5.99. The first-order chi connectivity index (χ1) is 4.85. The molecule has 0 saturated carbocycles. The molecule has 0 aromatic rings. The fourth-order valence-corrected chi connectivity index (χ4v) is 0.645. The van der Waals surface area contributed by atoms with Crippen molar-refractivity contribution >= 4 is 14.5 Å². The molecule has 0 aliphatic carbocycles. The molecule has 52 valence electrons. The SMILES string of the molecule is C=C/C=C\C(BBO)=C/C. The lowest BCUT2D eigenvalue weighted by Crippen LogP contribution is -2.03. The lowest BCUT2D eigenvalue weighted by atomic mass is 9.45. The van der Waals surface area contributed by atoms with E-state index in [4.69, 9.17) is 5.02 Å². The van der Waals surface area contributed by atoms with Gasteiger partial charge in [0.1, 0.15) is 0 Å². The molecule has 0 bridgehead atoms. The second kappa shape index (κ2) is 6.43. The monoisotopic (exact) mass is 134 g/mol. The molecule has 0 aromatic heterocycles. The zero-order chi connectivity index (χ0) is 7.82. The standard InChI is InChI=1S/C7H12B2O/c1-3-5-6-7(4-2)8-9-10/h3-6,8-10H,1H2,2H3/b6-5-,7-4+. The first kappa shape index (κ1) is 9.31. The van der Waals surface area contributed by atoms with Crippen LogP contribution in [0.15, 0.2) is 36.4 Å². The van der Waals surface area contributed by atoms with Gasteiger partial charge in [0.05, 0.1) is 0 Å². The van der Waals surface area contributed by atoms with E-state index in [0.717, 1.165) is 12.6 Å². The van der Waals surface area contributed by atoms with E-state index in [1.165, 1.54) is 0 Å². The molecule has 0 aliphatic heterocycles. The van der Waals surface area contributed by atoms with Crippen molar-refractivity contribution in [1.82, 2.24) is 0 Å². The Morgan fingerprint density at radius 2 is 2.30 bits per heavy atom. The molecular weight excluding hydrogens is 122 g/mol. The van der Waals surface area contributed by atoms with Crippen molar-refractivity contribution in [1.29, 1.82) is 0 Å². The van der Waals surface area contributed by atoms with Crippen LogP contribution in [0.1, 0.15) is 6.92 Å². The molecule has 0 spiro atoms. The van der Waals surface area contributed by atoms with Crippen molar-refractivity contribution in [2.45, 2.75) is 6.92 Å². The first-order valence-corrected chi connectivity index (χ1v) is 3.40. The maximum absolute atomic E-state index is 8.57. The minimum Gasteiger partial charge on any atom is -0.462 e. The summed E-state index contributed by atoms with van der Waals surface area (Å²) in [7, 11) is 0.933. The molecule has 0 heterocycles.